The summed E-state index contributed by atoms with van der Waals surface area (Å²) in [4.78, 5) is 0. The molecule has 4 nitrogen and oxygen atoms in total. The Balaban J connectivity index is 2.25. The third kappa shape index (κ3) is 1.46. The molecule has 0 unspecified atom stereocenters. The number of rotatable bonds is 1. The van der Waals surface area contributed by atoms with Crippen LogP contribution in [-0.2, 0) is 0 Å². The average molecular weight is 190 g/mol. The largest absolute Gasteiger partial charge is 0.399 e. The lowest BCUT2D eigenvalue weighted by molar-refractivity contribution is 0.794. The van der Waals surface area contributed by atoms with Gasteiger partial charge in [0.2, 0.25) is 0 Å². The van der Waals surface area contributed by atoms with E-state index in [4.69, 9.17) is 11.5 Å². The van der Waals surface area contributed by atoms with Crippen molar-refractivity contribution in [2.75, 3.05) is 17.3 Å². The monoisotopic (exact) mass is 190 g/mol. The first-order valence-corrected chi connectivity index (χ1v) is 4.53. The van der Waals surface area contributed by atoms with Crippen molar-refractivity contribution in [3.63, 3.8) is 0 Å². The van der Waals surface area contributed by atoms with Crippen LogP contribution in [0.2, 0.25) is 0 Å². The normalized spacial score (nSPS) is 15.2. The van der Waals surface area contributed by atoms with Crippen LogP contribution in [-0.4, -0.2) is 6.54 Å². The quantitative estimate of drug-likeness (QED) is 0.570. The van der Waals surface area contributed by atoms with Gasteiger partial charge in [-0.3, -0.25) is 10.4 Å². The van der Waals surface area contributed by atoms with Gasteiger partial charge >= 0.3 is 0 Å². The number of benzene rings is 1. The van der Waals surface area contributed by atoms with Crippen LogP contribution in [0, 0.1) is 6.92 Å². The summed E-state index contributed by atoms with van der Waals surface area (Å²) in [5.74, 6) is 0.696. The standard InChI is InChI=1S/C10H14N4/c1-7-6-8(11)2-3-9(7)14-5-4-10(12)13-14/h2-4,6,13H,5,11-12H2,1H3. The van der Waals surface area contributed by atoms with E-state index in [1.807, 2.05) is 36.2 Å². The number of anilines is 2. The summed E-state index contributed by atoms with van der Waals surface area (Å²) in [6.45, 7) is 2.82. The zero-order valence-electron chi connectivity index (χ0n) is 8.12. The number of nitrogens with one attached hydrogen (secondary N) is 1. The lowest BCUT2D eigenvalue weighted by atomic mass is 10.2. The molecule has 0 aliphatic carbocycles. The molecule has 0 atom stereocenters. The summed E-state index contributed by atoms with van der Waals surface area (Å²) in [6.07, 6.45) is 1.94. The Labute approximate surface area is 83.2 Å². The molecule has 74 valence electrons. The van der Waals surface area contributed by atoms with Gasteiger partial charge in [0.1, 0.15) is 5.82 Å². The first-order valence-electron chi connectivity index (χ1n) is 4.53. The van der Waals surface area contributed by atoms with Crippen LogP contribution in [0.15, 0.2) is 30.1 Å². The lowest BCUT2D eigenvalue weighted by Crippen LogP contribution is -2.34. The van der Waals surface area contributed by atoms with E-state index in [-0.39, 0.29) is 0 Å². The number of hydrazine groups is 1. The maximum absolute atomic E-state index is 5.68. The minimum absolute atomic E-state index is 0.696. The molecule has 0 aromatic heterocycles. The second-order valence-corrected chi connectivity index (χ2v) is 3.43. The Morgan fingerprint density at radius 2 is 2.14 bits per heavy atom. The SMILES string of the molecule is Cc1cc(N)ccc1N1CC=C(N)N1. The van der Waals surface area contributed by atoms with E-state index in [0.717, 1.165) is 23.5 Å². The molecule has 4 heteroatoms. The summed E-state index contributed by atoms with van der Waals surface area (Å²) in [5, 5.41) is 1.99. The van der Waals surface area contributed by atoms with Crippen LogP contribution < -0.4 is 21.9 Å². The first-order chi connectivity index (χ1) is 6.66. The second kappa shape index (κ2) is 3.14. The van der Waals surface area contributed by atoms with Crippen LogP contribution in [0.4, 0.5) is 11.4 Å². The highest BCUT2D eigenvalue weighted by Crippen LogP contribution is 2.22. The van der Waals surface area contributed by atoms with E-state index in [1.54, 1.807) is 0 Å². The van der Waals surface area contributed by atoms with E-state index >= 15 is 0 Å². The Morgan fingerprint density at radius 3 is 2.71 bits per heavy atom. The smallest absolute Gasteiger partial charge is 0.113 e. The van der Waals surface area contributed by atoms with Crippen LogP contribution in [0.25, 0.3) is 0 Å². The van der Waals surface area contributed by atoms with Gasteiger partial charge in [-0.2, -0.15) is 0 Å². The molecule has 0 amide bonds. The van der Waals surface area contributed by atoms with E-state index in [1.165, 1.54) is 0 Å². The molecule has 1 aliphatic heterocycles. The van der Waals surface area contributed by atoms with E-state index in [9.17, 15) is 0 Å². The molecule has 2 rings (SSSR count). The molecule has 0 radical (unpaired) electrons. The summed E-state index contributed by atoms with van der Waals surface area (Å²) in [7, 11) is 0. The van der Waals surface area contributed by atoms with Crippen molar-refractivity contribution in [2.45, 2.75) is 6.92 Å². The molecule has 0 saturated carbocycles. The Kier molecular flexibility index (Phi) is 1.96. The maximum Gasteiger partial charge on any atom is 0.113 e. The summed E-state index contributed by atoms with van der Waals surface area (Å²) in [5.41, 5.74) is 17.4. The highest BCUT2D eigenvalue weighted by atomic mass is 15.5. The zero-order chi connectivity index (χ0) is 10.1. The fourth-order valence-corrected chi connectivity index (χ4v) is 1.58. The van der Waals surface area contributed by atoms with Gasteiger partial charge in [0, 0.05) is 5.69 Å². The molecule has 1 aliphatic rings. The fourth-order valence-electron chi connectivity index (χ4n) is 1.58. The molecule has 1 aromatic rings. The molecule has 14 heavy (non-hydrogen) atoms. The minimum atomic E-state index is 0.696. The lowest BCUT2D eigenvalue weighted by Gasteiger charge is -2.21. The molecule has 1 aromatic carbocycles. The van der Waals surface area contributed by atoms with Crippen molar-refractivity contribution in [1.82, 2.24) is 5.43 Å². The van der Waals surface area contributed by atoms with Crippen molar-refractivity contribution in [3.8, 4) is 0 Å². The number of hydrogen-bond donors (Lipinski definition) is 3. The van der Waals surface area contributed by atoms with Gasteiger partial charge in [-0.15, -0.1) is 0 Å². The van der Waals surface area contributed by atoms with Gasteiger partial charge in [-0.25, -0.2) is 0 Å². The fraction of sp³-hybridized carbons (Fsp3) is 0.200. The third-order valence-electron chi connectivity index (χ3n) is 2.27. The highest BCUT2D eigenvalue weighted by molar-refractivity contribution is 5.59. The Hall–Kier alpha value is -1.84. The molecule has 1 heterocycles. The number of aryl methyl sites for hydroxylation is 1. The number of hydrogen-bond acceptors (Lipinski definition) is 4. The number of nitrogen functional groups attached to an aromatic ring is 1. The molecule has 0 fully saturated rings. The van der Waals surface area contributed by atoms with E-state index in [0.29, 0.717) is 5.82 Å². The predicted molar refractivity (Wildman–Crippen MR) is 58.3 cm³/mol. The molecular formula is C10H14N4. The van der Waals surface area contributed by atoms with Crippen molar-refractivity contribution in [3.05, 3.63) is 35.7 Å². The van der Waals surface area contributed by atoms with Crippen LogP contribution in [0.3, 0.4) is 0 Å². The van der Waals surface area contributed by atoms with Gasteiger partial charge in [0.15, 0.2) is 0 Å². The van der Waals surface area contributed by atoms with Gasteiger partial charge in [0.25, 0.3) is 0 Å². The van der Waals surface area contributed by atoms with Crippen molar-refractivity contribution in [2.24, 2.45) is 5.73 Å². The highest BCUT2D eigenvalue weighted by Gasteiger charge is 2.12. The van der Waals surface area contributed by atoms with Gasteiger partial charge in [-0.1, -0.05) is 0 Å². The molecule has 5 N–H and O–H groups in total. The average Bonchev–Trinajstić information content (AvgIpc) is 2.51. The topological polar surface area (TPSA) is 67.3 Å². The Bertz CT molecular complexity index is 384. The molecular weight excluding hydrogens is 176 g/mol. The van der Waals surface area contributed by atoms with Gasteiger partial charge in [0.05, 0.1) is 12.2 Å². The second-order valence-electron chi connectivity index (χ2n) is 3.43. The van der Waals surface area contributed by atoms with Crippen molar-refractivity contribution >= 4 is 11.4 Å². The van der Waals surface area contributed by atoms with Crippen LogP contribution in [0.1, 0.15) is 5.56 Å². The first kappa shape index (κ1) is 8.74. The number of nitrogens with two attached hydrogens (primary N) is 2. The summed E-state index contributed by atoms with van der Waals surface area (Å²) in [6, 6.07) is 5.83. The van der Waals surface area contributed by atoms with E-state index < -0.39 is 0 Å². The molecule has 0 spiro atoms. The number of nitrogens with zero attached hydrogens (tertiary/aromatic N) is 1. The Morgan fingerprint density at radius 1 is 1.36 bits per heavy atom. The van der Waals surface area contributed by atoms with Crippen LogP contribution in [0.5, 0.6) is 0 Å². The zero-order valence-corrected chi connectivity index (χ0v) is 8.12. The summed E-state index contributed by atoms with van der Waals surface area (Å²) >= 11 is 0. The third-order valence-corrected chi connectivity index (χ3v) is 2.27. The van der Waals surface area contributed by atoms with Crippen molar-refractivity contribution < 1.29 is 0 Å². The van der Waals surface area contributed by atoms with E-state index in [2.05, 4.69) is 5.43 Å². The molecule has 0 bridgehead atoms. The minimum Gasteiger partial charge on any atom is -0.399 e. The van der Waals surface area contributed by atoms with Gasteiger partial charge in [-0.05, 0) is 36.8 Å². The van der Waals surface area contributed by atoms with Gasteiger partial charge < -0.3 is 11.5 Å². The predicted octanol–water partition coefficient (Wildman–Crippen LogP) is 0.702. The maximum atomic E-state index is 5.68. The van der Waals surface area contributed by atoms with Crippen molar-refractivity contribution in [1.29, 1.82) is 0 Å². The van der Waals surface area contributed by atoms with Crippen LogP contribution >= 0.6 is 0 Å². The molecule has 0 saturated heterocycles. The summed E-state index contributed by atoms with van der Waals surface area (Å²) < 4.78 is 0.